The highest BCUT2D eigenvalue weighted by Gasteiger charge is 2.22. The monoisotopic (exact) mass is 495 g/mol. The van der Waals surface area contributed by atoms with Crippen LogP contribution in [0, 0.1) is 12.7 Å². The summed E-state index contributed by atoms with van der Waals surface area (Å²) in [4.78, 5) is 39.9. The number of fused-ring (bicyclic) bond motifs is 1. The van der Waals surface area contributed by atoms with E-state index in [1.807, 2.05) is 6.92 Å². The fourth-order valence-corrected chi connectivity index (χ4v) is 4.11. The number of carbonyl (C=O) groups is 1. The van der Waals surface area contributed by atoms with Gasteiger partial charge in [-0.05, 0) is 43.7 Å². The van der Waals surface area contributed by atoms with Crippen molar-refractivity contribution in [1.29, 1.82) is 0 Å². The van der Waals surface area contributed by atoms with Crippen LogP contribution < -0.4 is 26.0 Å². The average Bonchev–Trinajstić information content (AvgIpc) is 3.21. The van der Waals surface area contributed by atoms with Gasteiger partial charge in [0.2, 0.25) is 5.91 Å². The molecule has 2 aromatic heterocycles. The molecule has 1 amide bonds. The number of ether oxygens (including phenoxy) is 2. The number of carbonyl (C=O) groups excluding carboxylic acids is 1. The second kappa shape index (κ2) is 10.1. The van der Waals surface area contributed by atoms with E-state index in [1.54, 1.807) is 25.1 Å². The quantitative estimate of drug-likeness (QED) is 0.402. The highest BCUT2D eigenvalue weighted by Crippen LogP contribution is 2.29. The Kier molecular flexibility index (Phi) is 6.91. The van der Waals surface area contributed by atoms with Crippen LogP contribution in [0.15, 0.2) is 52.1 Å². The van der Waals surface area contributed by atoms with Crippen molar-refractivity contribution in [3.8, 4) is 11.5 Å². The molecule has 4 aromatic rings. The molecule has 0 radical (unpaired) electrons. The highest BCUT2D eigenvalue weighted by atomic mass is 19.1. The number of aromatic nitrogens is 4. The summed E-state index contributed by atoms with van der Waals surface area (Å²) >= 11 is 0. The molecule has 0 unspecified atom stereocenters. The molecule has 0 aliphatic carbocycles. The molecule has 11 heteroatoms. The summed E-state index contributed by atoms with van der Waals surface area (Å²) in [6.45, 7) is 3.46. The Morgan fingerprint density at radius 2 is 1.69 bits per heavy atom. The first-order valence-electron chi connectivity index (χ1n) is 11.2. The number of rotatable bonds is 8. The van der Waals surface area contributed by atoms with E-state index in [2.05, 4.69) is 10.4 Å². The Morgan fingerprint density at radius 1 is 1.00 bits per heavy atom. The lowest BCUT2D eigenvalue weighted by Gasteiger charge is -2.14. The summed E-state index contributed by atoms with van der Waals surface area (Å²) < 4.78 is 27.6. The molecule has 0 atom stereocenters. The van der Waals surface area contributed by atoms with Crippen molar-refractivity contribution in [2.24, 2.45) is 0 Å². The molecule has 0 spiro atoms. The number of amides is 1. The predicted octanol–water partition coefficient (Wildman–Crippen LogP) is 2.53. The highest BCUT2D eigenvalue weighted by molar-refractivity contribution is 5.92. The predicted molar refractivity (Wildman–Crippen MR) is 132 cm³/mol. The van der Waals surface area contributed by atoms with E-state index < -0.39 is 23.0 Å². The summed E-state index contributed by atoms with van der Waals surface area (Å²) in [5.74, 6) is 0.0263. The van der Waals surface area contributed by atoms with E-state index in [0.717, 1.165) is 4.57 Å². The van der Waals surface area contributed by atoms with Crippen LogP contribution in [0.2, 0.25) is 0 Å². The number of benzene rings is 2. The number of nitrogens with zero attached hydrogens (tertiary/aromatic N) is 4. The third-order valence-corrected chi connectivity index (χ3v) is 5.80. The van der Waals surface area contributed by atoms with E-state index in [9.17, 15) is 18.8 Å². The van der Waals surface area contributed by atoms with Crippen molar-refractivity contribution in [3.63, 3.8) is 0 Å². The summed E-state index contributed by atoms with van der Waals surface area (Å²) in [5.41, 5.74) is 0.781. The third kappa shape index (κ3) is 4.59. The zero-order valence-corrected chi connectivity index (χ0v) is 20.4. The van der Waals surface area contributed by atoms with Crippen LogP contribution in [0.4, 0.5) is 10.1 Å². The van der Waals surface area contributed by atoms with Crippen LogP contribution >= 0.6 is 0 Å². The largest absolute Gasteiger partial charge is 0.493 e. The molecule has 4 rings (SSSR count). The number of aryl methyl sites for hydroxylation is 2. The molecule has 0 fully saturated rings. The summed E-state index contributed by atoms with van der Waals surface area (Å²) in [6, 6.07) is 10.4. The van der Waals surface area contributed by atoms with Crippen molar-refractivity contribution in [2.45, 2.75) is 33.5 Å². The first-order chi connectivity index (χ1) is 17.3. The maximum atomic E-state index is 13.5. The van der Waals surface area contributed by atoms with Crippen molar-refractivity contribution < 1.29 is 18.7 Å². The van der Waals surface area contributed by atoms with Crippen molar-refractivity contribution in [3.05, 3.63) is 80.4 Å². The van der Waals surface area contributed by atoms with Gasteiger partial charge in [0.15, 0.2) is 17.0 Å². The summed E-state index contributed by atoms with van der Waals surface area (Å²) in [6.07, 6.45) is 0. The smallest absolute Gasteiger partial charge is 0.332 e. The first kappa shape index (κ1) is 24.7. The Balaban J connectivity index is 1.77. The second-order valence-electron chi connectivity index (χ2n) is 8.10. The molecule has 0 saturated carbocycles. The van der Waals surface area contributed by atoms with E-state index in [0.29, 0.717) is 40.5 Å². The molecule has 2 heterocycles. The maximum Gasteiger partial charge on any atom is 0.332 e. The minimum atomic E-state index is -0.668. The number of methoxy groups -OCH3 is 2. The summed E-state index contributed by atoms with van der Waals surface area (Å²) in [5, 5.41) is 7.14. The second-order valence-corrected chi connectivity index (χ2v) is 8.10. The molecular formula is C25H26FN5O5. The molecule has 0 aliphatic heterocycles. The zero-order chi connectivity index (χ0) is 26.0. The van der Waals surface area contributed by atoms with E-state index in [-0.39, 0.29) is 18.6 Å². The van der Waals surface area contributed by atoms with Gasteiger partial charge in [0.05, 0.1) is 26.5 Å². The van der Waals surface area contributed by atoms with Crippen molar-refractivity contribution in [2.75, 3.05) is 19.5 Å². The molecule has 10 nitrogen and oxygen atoms in total. The van der Waals surface area contributed by atoms with Gasteiger partial charge in [-0.2, -0.15) is 5.10 Å². The van der Waals surface area contributed by atoms with Gasteiger partial charge >= 0.3 is 5.69 Å². The number of halogens is 1. The fourth-order valence-electron chi connectivity index (χ4n) is 4.11. The Hall–Kier alpha value is -4.41. The minimum Gasteiger partial charge on any atom is -0.493 e. The number of hydrogen-bond acceptors (Lipinski definition) is 6. The van der Waals surface area contributed by atoms with Gasteiger partial charge in [0.1, 0.15) is 17.9 Å². The molecule has 0 aliphatic rings. The number of nitrogens with one attached hydrogen (secondary N) is 1. The molecule has 0 saturated heterocycles. The van der Waals surface area contributed by atoms with Gasteiger partial charge in [0, 0.05) is 18.3 Å². The van der Waals surface area contributed by atoms with Gasteiger partial charge in [-0.3, -0.25) is 23.4 Å². The Labute approximate surface area is 205 Å². The molecule has 188 valence electrons. The molecule has 36 heavy (non-hydrogen) atoms. The van der Waals surface area contributed by atoms with Gasteiger partial charge in [-0.1, -0.05) is 12.1 Å². The molecule has 2 aromatic carbocycles. The maximum absolute atomic E-state index is 13.5. The SMILES string of the molecule is CCn1nc(C)c2c1c(=O)n(Cc1ccc(F)cc1)c(=O)n2CC(=O)Nc1ccc(OC)c(OC)c1. The van der Waals surface area contributed by atoms with Crippen LogP contribution in [0.25, 0.3) is 11.0 Å². The Morgan fingerprint density at radius 3 is 2.33 bits per heavy atom. The average molecular weight is 496 g/mol. The van der Waals surface area contributed by atoms with Gasteiger partial charge < -0.3 is 14.8 Å². The normalized spacial score (nSPS) is 11.0. The van der Waals surface area contributed by atoms with Gasteiger partial charge in [0.25, 0.3) is 5.56 Å². The first-order valence-corrected chi connectivity index (χ1v) is 11.2. The number of hydrogen-bond donors (Lipinski definition) is 1. The molecular weight excluding hydrogens is 469 g/mol. The van der Waals surface area contributed by atoms with E-state index >= 15 is 0 Å². The lowest BCUT2D eigenvalue weighted by atomic mass is 10.2. The Bertz CT molecular complexity index is 1550. The van der Waals surface area contributed by atoms with Crippen LogP contribution in [0.1, 0.15) is 18.2 Å². The van der Waals surface area contributed by atoms with E-state index in [1.165, 1.54) is 47.7 Å². The fraction of sp³-hybridized carbons (Fsp3) is 0.280. The minimum absolute atomic E-state index is 0.0842. The summed E-state index contributed by atoms with van der Waals surface area (Å²) in [7, 11) is 2.99. The lowest BCUT2D eigenvalue weighted by Crippen LogP contribution is -2.42. The third-order valence-electron chi connectivity index (χ3n) is 5.80. The topological polar surface area (TPSA) is 109 Å². The van der Waals surface area contributed by atoms with Crippen molar-refractivity contribution >= 4 is 22.6 Å². The van der Waals surface area contributed by atoms with Gasteiger partial charge in [-0.15, -0.1) is 0 Å². The standard InChI is InChI=1S/C25H26FN5O5/c1-5-31-23-22(15(2)28-31)29(14-21(32)27-18-10-11-19(35-3)20(12-18)36-4)25(34)30(24(23)33)13-16-6-8-17(26)9-7-16/h6-12H,5,13-14H2,1-4H3,(H,27,32). The zero-order valence-electron chi connectivity index (χ0n) is 20.4. The van der Waals surface area contributed by atoms with Crippen LogP contribution in [0.5, 0.6) is 11.5 Å². The van der Waals surface area contributed by atoms with Crippen molar-refractivity contribution in [1.82, 2.24) is 18.9 Å². The lowest BCUT2D eigenvalue weighted by molar-refractivity contribution is -0.116. The van der Waals surface area contributed by atoms with E-state index in [4.69, 9.17) is 9.47 Å². The van der Waals surface area contributed by atoms with Crippen LogP contribution in [-0.2, 0) is 24.4 Å². The van der Waals surface area contributed by atoms with Gasteiger partial charge in [-0.25, -0.2) is 9.18 Å². The van der Waals surface area contributed by atoms with Crippen LogP contribution in [0.3, 0.4) is 0 Å². The molecule has 1 N–H and O–H groups in total. The molecule has 0 bridgehead atoms. The number of anilines is 1. The van der Waals surface area contributed by atoms with Crippen LogP contribution in [-0.4, -0.2) is 39.0 Å².